The van der Waals surface area contributed by atoms with Gasteiger partial charge in [-0.1, -0.05) is 61.4 Å². The topological polar surface area (TPSA) is 12.0 Å². The van der Waals surface area contributed by atoms with Crippen molar-refractivity contribution in [1.82, 2.24) is 5.32 Å². The Morgan fingerprint density at radius 3 is 2.63 bits per heavy atom. The van der Waals surface area contributed by atoms with Gasteiger partial charge in [0, 0.05) is 16.8 Å². The quantitative estimate of drug-likeness (QED) is 0.466. The van der Waals surface area contributed by atoms with Gasteiger partial charge in [0.15, 0.2) is 0 Å². The predicted molar refractivity (Wildman–Crippen MR) is 118 cm³/mol. The fourth-order valence-electron chi connectivity index (χ4n) is 4.92. The Bertz CT molecular complexity index is 751. The summed E-state index contributed by atoms with van der Waals surface area (Å²) in [6.45, 7) is 1.15. The number of rotatable bonds is 6. The van der Waals surface area contributed by atoms with Crippen molar-refractivity contribution in [3.05, 3.63) is 55.7 Å². The normalized spacial score (nSPS) is 23.3. The molecule has 2 aliphatic carbocycles. The van der Waals surface area contributed by atoms with E-state index >= 15 is 0 Å². The first kappa shape index (κ1) is 19.8. The highest BCUT2D eigenvalue weighted by Crippen LogP contribution is 2.45. The van der Waals surface area contributed by atoms with Gasteiger partial charge < -0.3 is 5.32 Å². The lowest BCUT2D eigenvalue weighted by atomic mass is 9.82. The molecule has 0 saturated heterocycles. The SMILES string of the molecule is Clc1ccc(C2CCC(NCCCC3CCCCC3)c3ccsc32)cc1Cl. The molecule has 4 rings (SSSR count). The number of hydrogen-bond acceptors (Lipinski definition) is 2. The Kier molecular flexibility index (Phi) is 6.81. The van der Waals surface area contributed by atoms with Crippen molar-refractivity contribution in [1.29, 1.82) is 0 Å². The van der Waals surface area contributed by atoms with Crippen molar-refractivity contribution in [2.45, 2.75) is 69.7 Å². The van der Waals surface area contributed by atoms with Crippen molar-refractivity contribution in [3.8, 4) is 0 Å². The van der Waals surface area contributed by atoms with Crippen LogP contribution >= 0.6 is 34.5 Å². The summed E-state index contributed by atoms with van der Waals surface area (Å²) >= 11 is 14.3. The maximum atomic E-state index is 6.27. The summed E-state index contributed by atoms with van der Waals surface area (Å²) in [4.78, 5) is 1.50. The summed E-state index contributed by atoms with van der Waals surface area (Å²) in [7, 11) is 0. The third-order valence-corrected chi connectivity index (χ3v) is 8.20. The third kappa shape index (κ3) is 4.72. The monoisotopic (exact) mass is 421 g/mol. The van der Waals surface area contributed by atoms with E-state index in [-0.39, 0.29) is 0 Å². The van der Waals surface area contributed by atoms with Gasteiger partial charge in [-0.3, -0.25) is 0 Å². The molecule has 0 radical (unpaired) electrons. The summed E-state index contributed by atoms with van der Waals surface area (Å²) in [6.07, 6.45) is 12.4. The van der Waals surface area contributed by atoms with Gasteiger partial charge in [-0.15, -0.1) is 11.3 Å². The van der Waals surface area contributed by atoms with Gasteiger partial charge in [0.25, 0.3) is 0 Å². The highest BCUT2D eigenvalue weighted by molar-refractivity contribution is 7.10. The largest absolute Gasteiger partial charge is 0.310 e. The van der Waals surface area contributed by atoms with Gasteiger partial charge in [-0.05, 0) is 72.9 Å². The van der Waals surface area contributed by atoms with E-state index in [2.05, 4.69) is 28.9 Å². The first-order valence-corrected chi connectivity index (χ1v) is 12.1. The fraction of sp³-hybridized carbons (Fsp3) is 0.565. The molecule has 1 nitrogen and oxygen atoms in total. The summed E-state index contributed by atoms with van der Waals surface area (Å²) in [6, 6.07) is 8.96. The number of fused-ring (bicyclic) bond motifs is 1. The predicted octanol–water partition coefficient (Wildman–Crippen LogP) is 7.97. The maximum Gasteiger partial charge on any atom is 0.0595 e. The molecule has 2 aromatic rings. The van der Waals surface area contributed by atoms with Crippen LogP contribution in [-0.2, 0) is 0 Å². The van der Waals surface area contributed by atoms with E-state index in [0.29, 0.717) is 22.0 Å². The van der Waals surface area contributed by atoms with Crippen LogP contribution in [0.5, 0.6) is 0 Å². The molecule has 1 aromatic heterocycles. The molecule has 0 spiro atoms. The van der Waals surface area contributed by atoms with Crippen LogP contribution in [0, 0.1) is 5.92 Å². The molecule has 0 amide bonds. The third-order valence-electron chi connectivity index (χ3n) is 6.41. The second-order valence-electron chi connectivity index (χ2n) is 8.20. The first-order chi connectivity index (χ1) is 13.2. The maximum absolute atomic E-state index is 6.27. The average Bonchev–Trinajstić information content (AvgIpc) is 3.18. The van der Waals surface area contributed by atoms with Crippen LogP contribution in [0.15, 0.2) is 29.6 Å². The van der Waals surface area contributed by atoms with E-state index in [1.807, 2.05) is 17.4 Å². The molecule has 0 aliphatic heterocycles. The molecule has 2 atom stereocenters. The molecule has 2 unspecified atom stereocenters. The van der Waals surface area contributed by atoms with Gasteiger partial charge in [-0.2, -0.15) is 0 Å². The molecule has 146 valence electrons. The summed E-state index contributed by atoms with van der Waals surface area (Å²) in [5.41, 5.74) is 2.80. The zero-order valence-corrected chi connectivity index (χ0v) is 18.2. The van der Waals surface area contributed by atoms with Crippen LogP contribution in [0.2, 0.25) is 10.0 Å². The highest BCUT2D eigenvalue weighted by atomic mass is 35.5. The van der Waals surface area contributed by atoms with Crippen LogP contribution in [-0.4, -0.2) is 6.54 Å². The number of nitrogens with one attached hydrogen (secondary N) is 1. The molecule has 1 N–H and O–H groups in total. The number of benzene rings is 1. The Morgan fingerprint density at radius 2 is 1.81 bits per heavy atom. The Labute approximate surface area is 177 Å². The highest BCUT2D eigenvalue weighted by Gasteiger charge is 2.29. The van der Waals surface area contributed by atoms with Crippen LogP contribution in [0.3, 0.4) is 0 Å². The van der Waals surface area contributed by atoms with Crippen LogP contribution < -0.4 is 5.32 Å². The molecule has 1 heterocycles. The Hall–Kier alpha value is -0.540. The second kappa shape index (κ2) is 9.31. The second-order valence-corrected chi connectivity index (χ2v) is 9.96. The standard InChI is InChI=1S/C23H29Cl2NS/c24-20-10-8-17(15-21(20)25)18-9-11-22(19-12-14-27-23(18)19)26-13-4-7-16-5-2-1-3-6-16/h8,10,12,14-16,18,22,26H,1-7,9,11,13H2. The van der Waals surface area contributed by atoms with Gasteiger partial charge in [0.05, 0.1) is 10.0 Å². The van der Waals surface area contributed by atoms with Gasteiger partial charge in [0.1, 0.15) is 0 Å². The molecule has 27 heavy (non-hydrogen) atoms. The minimum absolute atomic E-state index is 0.454. The van der Waals surface area contributed by atoms with Crippen molar-refractivity contribution >= 4 is 34.5 Å². The average molecular weight is 422 g/mol. The zero-order valence-electron chi connectivity index (χ0n) is 15.9. The van der Waals surface area contributed by atoms with E-state index in [1.54, 1.807) is 0 Å². The Morgan fingerprint density at radius 1 is 0.963 bits per heavy atom. The van der Waals surface area contributed by atoms with E-state index in [1.165, 1.54) is 73.8 Å². The lowest BCUT2D eigenvalue weighted by molar-refractivity contribution is 0.325. The van der Waals surface area contributed by atoms with Gasteiger partial charge in [-0.25, -0.2) is 0 Å². The molecule has 1 aromatic carbocycles. The van der Waals surface area contributed by atoms with Gasteiger partial charge in [0.2, 0.25) is 0 Å². The molecule has 2 aliphatic rings. The lowest BCUT2D eigenvalue weighted by Gasteiger charge is -2.30. The summed E-state index contributed by atoms with van der Waals surface area (Å²) in [5, 5.41) is 7.40. The van der Waals surface area contributed by atoms with E-state index in [0.717, 1.165) is 12.5 Å². The van der Waals surface area contributed by atoms with Crippen LogP contribution in [0.1, 0.15) is 85.8 Å². The van der Waals surface area contributed by atoms with Crippen molar-refractivity contribution in [2.75, 3.05) is 6.54 Å². The molecular weight excluding hydrogens is 393 g/mol. The Balaban J connectivity index is 1.36. The van der Waals surface area contributed by atoms with E-state index in [9.17, 15) is 0 Å². The van der Waals surface area contributed by atoms with E-state index in [4.69, 9.17) is 23.2 Å². The number of hydrogen-bond donors (Lipinski definition) is 1. The number of thiophene rings is 1. The minimum atomic E-state index is 0.454. The van der Waals surface area contributed by atoms with Crippen molar-refractivity contribution in [2.24, 2.45) is 5.92 Å². The van der Waals surface area contributed by atoms with Crippen LogP contribution in [0.4, 0.5) is 0 Å². The molecule has 4 heteroatoms. The smallest absolute Gasteiger partial charge is 0.0595 e. The number of halogens is 2. The fourth-order valence-corrected chi connectivity index (χ4v) is 6.36. The molecular formula is C23H29Cl2NS. The summed E-state index contributed by atoms with van der Waals surface area (Å²) < 4.78 is 0. The lowest BCUT2D eigenvalue weighted by Crippen LogP contribution is -2.27. The zero-order chi connectivity index (χ0) is 18.6. The minimum Gasteiger partial charge on any atom is -0.310 e. The van der Waals surface area contributed by atoms with Gasteiger partial charge >= 0.3 is 0 Å². The van der Waals surface area contributed by atoms with Crippen molar-refractivity contribution < 1.29 is 0 Å². The van der Waals surface area contributed by atoms with E-state index < -0.39 is 0 Å². The van der Waals surface area contributed by atoms with Crippen molar-refractivity contribution in [3.63, 3.8) is 0 Å². The molecule has 1 saturated carbocycles. The van der Waals surface area contributed by atoms with Crippen LogP contribution in [0.25, 0.3) is 0 Å². The summed E-state index contributed by atoms with van der Waals surface area (Å²) in [5.74, 6) is 1.44. The first-order valence-electron chi connectivity index (χ1n) is 10.5. The molecule has 0 bridgehead atoms. The molecule has 1 fully saturated rings.